The van der Waals surface area contributed by atoms with E-state index in [9.17, 15) is 22.4 Å². The molecule has 1 fully saturated rings. The van der Waals surface area contributed by atoms with Crippen molar-refractivity contribution in [3.8, 4) is 0 Å². The van der Waals surface area contributed by atoms with Gasteiger partial charge in [0.1, 0.15) is 10.8 Å². The van der Waals surface area contributed by atoms with Crippen LogP contribution >= 0.6 is 11.3 Å². The van der Waals surface area contributed by atoms with Gasteiger partial charge in [-0.05, 0) is 49.2 Å². The molecule has 172 valence electrons. The van der Waals surface area contributed by atoms with Crippen molar-refractivity contribution in [1.29, 1.82) is 0 Å². The third kappa shape index (κ3) is 4.92. The SMILES string of the molecule is CC(=O)Nc1ccc(S(=O)(=O)N2CCC[C@H]2c2nnc(C(=O)Nc3ccccc3F)s2)cc1. The predicted molar refractivity (Wildman–Crippen MR) is 121 cm³/mol. The van der Waals surface area contributed by atoms with E-state index in [1.807, 2.05) is 0 Å². The van der Waals surface area contributed by atoms with Crippen LogP contribution in [0.3, 0.4) is 0 Å². The quantitative estimate of drug-likeness (QED) is 0.547. The Bertz CT molecular complexity index is 1290. The zero-order chi connectivity index (χ0) is 23.6. The Kier molecular flexibility index (Phi) is 6.49. The minimum Gasteiger partial charge on any atom is -0.326 e. The van der Waals surface area contributed by atoms with E-state index in [1.54, 1.807) is 6.07 Å². The maximum absolute atomic E-state index is 13.8. The number of nitrogens with zero attached hydrogens (tertiary/aromatic N) is 3. The van der Waals surface area contributed by atoms with Gasteiger partial charge in [0, 0.05) is 19.2 Å². The van der Waals surface area contributed by atoms with Crippen LogP contribution in [0.15, 0.2) is 53.4 Å². The van der Waals surface area contributed by atoms with Crippen LogP contribution in [0.2, 0.25) is 0 Å². The van der Waals surface area contributed by atoms with Gasteiger partial charge >= 0.3 is 0 Å². The van der Waals surface area contributed by atoms with E-state index in [0.29, 0.717) is 30.1 Å². The molecule has 1 aromatic heterocycles. The van der Waals surface area contributed by atoms with Crippen molar-refractivity contribution in [3.63, 3.8) is 0 Å². The topological polar surface area (TPSA) is 121 Å². The zero-order valence-corrected chi connectivity index (χ0v) is 19.1. The molecule has 0 bridgehead atoms. The summed E-state index contributed by atoms with van der Waals surface area (Å²) in [5, 5.41) is 13.4. The van der Waals surface area contributed by atoms with Crippen LogP contribution in [0.25, 0.3) is 0 Å². The molecule has 33 heavy (non-hydrogen) atoms. The average Bonchev–Trinajstić information content (AvgIpc) is 3.45. The van der Waals surface area contributed by atoms with Gasteiger partial charge in [-0.3, -0.25) is 9.59 Å². The minimum atomic E-state index is -3.84. The molecule has 0 aliphatic carbocycles. The second-order valence-electron chi connectivity index (χ2n) is 7.36. The fourth-order valence-electron chi connectivity index (χ4n) is 3.52. The van der Waals surface area contributed by atoms with Crippen molar-refractivity contribution in [2.24, 2.45) is 0 Å². The highest BCUT2D eigenvalue weighted by Crippen LogP contribution is 2.38. The van der Waals surface area contributed by atoms with E-state index in [4.69, 9.17) is 0 Å². The molecule has 1 aliphatic rings. The normalized spacial score (nSPS) is 16.5. The lowest BCUT2D eigenvalue weighted by Gasteiger charge is -2.22. The van der Waals surface area contributed by atoms with E-state index in [0.717, 1.165) is 11.3 Å². The molecule has 1 aliphatic heterocycles. The second-order valence-corrected chi connectivity index (χ2v) is 10.3. The first-order valence-electron chi connectivity index (χ1n) is 10.0. The largest absolute Gasteiger partial charge is 0.326 e. The summed E-state index contributed by atoms with van der Waals surface area (Å²) >= 11 is 0.977. The van der Waals surface area contributed by atoms with Crippen molar-refractivity contribution < 1.29 is 22.4 Å². The summed E-state index contributed by atoms with van der Waals surface area (Å²) in [6.07, 6.45) is 1.16. The molecule has 0 unspecified atom stereocenters. The van der Waals surface area contributed by atoms with Gasteiger partial charge in [-0.2, -0.15) is 4.31 Å². The van der Waals surface area contributed by atoms with Crippen LogP contribution in [0.1, 0.15) is 40.6 Å². The summed E-state index contributed by atoms with van der Waals surface area (Å²) in [6.45, 7) is 1.67. The summed E-state index contributed by atoms with van der Waals surface area (Å²) in [5.41, 5.74) is 0.515. The number of anilines is 2. The Morgan fingerprint density at radius 1 is 1.09 bits per heavy atom. The van der Waals surface area contributed by atoms with Crippen LogP contribution in [0.4, 0.5) is 15.8 Å². The predicted octanol–water partition coefficient (Wildman–Crippen LogP) is 3.41. The van der Waals surface area contributed by atoms with Gasteiger partial charge in [0.15, 0.2) is 0 Å². The van der Waals surface area contributed by atoms with Crippen LogP contribution in [-0.2, 0) is 14.8 Å². The molecule has 9 nitrogen and oxygen atoms in total. The highest BCUT2D eigenvalue weighted by molar-refractivity contribution is 7.89. The molecule has 4 rings (SSSR count). The molecular weight excluding hydrogens is 469 g/mol. The molecule has 0 spiro atoms. The number of amides is 2. The average molecular weight is 490 g/mol. The van der Waals surface area contributed by atoms with Gasteiger partial charge in [0.05, 0.1) is 16.6 Å². The fraction of sp³-hybridized carbons (Fsp3) is 0.238. The minimum absolute atomic E-state index is 0.0113. The number of sulfonamides is 1. The van der Waals surface area contributed by atoms with E-state index in [2.05, 4.69) is 20.8 Å². The first-order valence-corrected chi connectivity index (χ1v) is 12.3. The molecular formula is C21H20FN5O4S2. The van der Waals surface area contributed by atoms with Crippen LogP contribution in [0, 0.1) is 5.82 Å². The van der Waals surface area contributed by atoms with Crippen molar-refractivity contribution >= 4 is 44.5 Å². The number of hydrogen-bond acceptors (Lipinski definition) is 7. The van der Waals surface area contributed by atoms with Gasteiger partial charge in [-0.1, -0.05) is 23.5 Å². The lowest BCUT2D eigenvalue weighted by molar-refractivity contribution is -0.114. The number of carbonyl (C=O) groups excluding carboxylic acids is 2. The first-order chi connectivity index (χ1) is 15.8. The number of nitrogens with one attached hydrogen (secondary N) is 2. The highest BCUT2D eigenvalue weighted by Gasteiger charge is 2.38. The van der Waals surface area contributed by atoms with Gasteiger partial charge in [-0.25, -0.2) is 12.8 Å². The molecule has 0 radical (unpaired) electrons. The first kappa shape index (κ1) is 23.0. The molecule has 1 atom stereocenters. The van der Waals surface area contributed by atoms with E-state index < -0.39 is 27.8 Å². The molecule has 2 heterocycles. The van der Waals surface area contributed by atoms with E-state index in [1.165, 1.54) is 53.7 Å². The van der Waals surface area contributed by atoms with Crippen molar-refractivity contribution in [3.05, 3.63) is 64.4 Å². The number of carbonyl (C=O) groups is 2. The fourth-order valence-corrected chi connectivity index (χ4v) is 6.14. The third-order valence-corrected chi connectivity index (χ3v) is 7.97. The van der Waals surface area contributed by atoms with Gasteiger partial charge in [0.2, 0.25) is 20.9 Å². The monoisotopic (exact) mass is 489 g/mol. The van der Waals surface area contributed by atoms with E-state index >= 15 is 0 Å². The van der Waals surface area contributed by atoms with Crippen LogP contribution in [0.5, 0.6) is 0 Å². The van der Waals surface area contributed by atoms with Gasteiger partial charge in [-0.15, -0.1) is 10.2 Å². The molecule has 0 saturated carbocycles. The lowest BCUT2D eigenvalue weighted by Crippen LogP contribution is -2.30. The van der Waals surface area contributed by atoms with Crippen molar-refractivity contribution in [2.45, 2.75) is 30.7 Å². The molecule has 2 N–H and O–H groups in total. The number of benzene rings is 2. The van der Waals surface area contributed by atoms with Crippen molar-refractivity contribution in [2.75, 3.05) is 17.2 Å². The zero-order valence-electron chi connectivity index (χ0n) is 17.5. The van der Waals surface area contributed by atoms with Crippen LogP contribution < -0.4 is 10.6 Å². The number of para-hydroxylation sites is 1. The van der Waals surface area contributed by atoms with Gasteiger partial charge < -0.3 is 10.6 Å². The number of rotatable bonds is 6. The Labute approximate surface area is 193 Å². The Morgan fingerprint density at radius 2 is 1.82 bits per heavy atom. The second kappa shape index (κ2) is 9.33. The standard InChI is InChI=1S/C21H20FN5O4S2/c1-13(28)23-14-8-10-15(11-9-14)33(30,31)27-12-4-7-18(27)20-25-26-21(32-20)19(29)24-17-6-3-2-5-16(17)22/h2-3,5-6,8-11,18H,4,7,12H2,1H3,(H,23,28)(H,24,29)/t18-/m0/s1. The summed E-state index contributed by atoms with van der Waals surface area (Å²) in [5.74, 6) is -1.45. The maximum Gasteiger partial charge on any atom is 0.286 e. The smallest absolute Gasteiger partial charge is 0.286 e. The summed E-state index contributed by atoms with van der Waals surface area (Å²) in [6, 6.07) is 11.1. The molecule has 2 aromatic carbocycles. The summed E-state index contributed by atoms with van der Waals surface area (Å²) in [4.78, 5) is 23.7. The van der Waals surface area contributed by atoms with Gasteiger partial charge in [0.25, 0.3) is 5.91 Å². The summed E-state index contributed by atoms with van der Waals surface area (Å²) in [7, 11) is -3.84. The lowest BCUT2D eigenvalue weighted by atomic mass is 10.2. The Morgan fingerprint density at radius 3 is 2.52 bits per heavy atom. The maximum atomic E-state index is 13.8. The molecule has 1 saturated heterocycles. The number of halogens is 1. The number of aromatic nitrogens is 2. The summed E-state index contributed by atoms with van der Waals surface area (Å²) < 4.78 is 41.6. The molecule has 2 amide bonds. The third-order valence-electron chi connectivity index (χ3n) is 5.03. The van der Waals surface area contributed by atoms with Crippen molar-refractivity contribution in [1.82, 2.24) is 14.5 Å². The van der Waals surface area contributed by atoms with Crippen LogP contribution in [-0.4, -0.2) is 41.3 Å². The Balaban J connectivity index is 1.52. The number of hydrogen-bond donors (Lipinski definition) is 2. The molecule has 3 aromatic rings. The Hall–Kier alpha value is -3.22. The van der Waals surface area contributed by atoms with E-state index in [-0.39, 0.29) is 21.5 Å². The molecule has 12 heteroatoms. The highest BCUT2D eigenvalue weighted by atomic mass is 32.2.